The van der Waals surface area contributed by atoms with Gasteiger partial charge in [0.2, 0.25) is 0 Å². The summed E-state index contributed by atoms with van der Waals surface area (Å²) in [4.78, 5) is 58.8. The average Bonchev–Trinajstić information content (AvgIpc) is 3.23. The summed E-state index contributed by atoms with van der Waals surface area (Å²) in [7, 11) is 0. The predicted octanol–water partition coefficient (Wildman–Crippen LogP) is 2.33. The highest BCUT2D eigenvalue weighted by atomic mass is 32.1. The Balaban J connectivity index is 1.75. The quantitative estimate of drug-likeness (QED) is 0.743. The topological polar surface area (TPSA) is 115 Å². The Hall–Kier alpha value is -3.27. The maximum Gasteiger partial charge on any atom is 0.408 e. The van der Waals surface area contributed by atoms with E-state index in [1.807, 2.05) is 0 Å². The molecule has 29 heavy (non-hydrogen) atoms. The monoisotopic (exact) mass is 417 g/mol. The Morgan fingerprint density at radius 2 is 1.79 bits per heavy atom. The summed E-state index contributed by atoms with van der Waals surface area (Å²) in [5.41, 5.74) is -0.494. The lowest BCUT2D eigenvalue weighted by Gasteiger charge is -2.23. The molecule has 1 aliphatic rings. The standard InChI is InChI=1S/C19H19N3O6S/c1-19(2,3)27-18(26)21-13(10-14-20-8-9-29-14)17(25)28-22-15(23)11-6-4-5-7-12(11)16(22)24/h4-9,13H,10H2,1-3H3,(H,21,26). The largest absolute Gasteiger partial charge is 0.444 e. The maximum atomic E-state index is 12.7. The van der Waals surface area contributed by atoms with Gasteiger partial charge < -0.3 is 14.9 Å². The van der Waals surface area contributed by atoms with Crippen LogP contribution in [0.1, 0.15) is 46.5 Å². The number of aromatic nitrogens is 1. The smallest absolute Gasteiger partial charge is 0.408 e. The van der Waals surface area contributed by atoms with E-state index >= 15 is 0 Å². The van der Waals surface area contributed by atoms with Gasteiger partial charge in [-0.15, -0.1) is 11.3 Å². The molecule has 2 heterocycles. The second kappa shape index (κ2) is 8.00. The number of imide groups is 1. The van der Waals surface area contributed by atoms with Crippen molar-refractivity contribution in [1.29, 1.82) is 0 Å². The lowest BCUT2D eigenvalue weighted by atomic mass is 10.1. The fourth-order valence-electron chi connectivity index (χ4n) is 2.58. The molecule has 0 bridgehead atoms. The maximum absolute atomic E-state index is 12.7. The number of alkyl carbamates (subject to hydrolysis) is 1. The van der Waals surface area contributed by atoms with Crippen molar-refractivity contribution in [3.05, 3.63) is 52.0 Å². The highest BCUT2D eigenvalue weighted by Crippen LogP contribution is 2.23. The molecule has 152 valence electrons. The highest BCUT2D eigenvalue weighted by molar-refractivity contribution is 7.09. The number of hydroxylamine groups is 2. The Morgan fingerprint density at radius 1 is 1.17 bits per heavy atom. The zero-order valence-corrected chi connectivity index (χ0v) is 16.8. The van der Waals surface area contributed by atoms with Gasteiger partial charge in [0.15, 0.2) is 0 Å². The summed E-state index contributed by atoms with van der Waals surface area (Å²) < 4.78 is 5.18. The van der Waals surface area contributed by atoms with Crippen LogP contribution >= 0.6 is 11.3 Å². The molecule has 0 spiro atoms. The number of ether oxygens (including phenoxy) is 1. The number of hydrogen-bond acceptors (Lipinski definition) is 8. The van der Waals surface area contributed by atoms with Gasteiger partial charge in [-0.1, -0.05) is 17.2 Å². The Kier molecular flexibility index (Phi) is 5.64. The molecule has 3 rings (SSSR count). The van der Waals surface area contributed by atoms with Gasteiger partial charge in [0.25, 0.3) is 11.8 Å². The van der Waals surface area contributed by atoms with E-state index in [1.165, 1.54) is 23.5 Å². The first kappa shape index (κ1) is 20.5. The van der Waals surface area contributed by atoms with Crippen LogP contribution in [-0.2, 0) is 20.8 Å². The molecular formula is C19H19N3O6S. The van der Waals surface area contributed by atoms with Gasteiger partial charge in [0.1, 0.15) is 11.6 Å². The average molecular weight is 417 g/mol. The van der Waals surface area contributed by atoms with Gasteiger partial charge in [-0.2, -0.15) is 0 Å². The Labute approximate surface area is 170 Å². The highest BCUT2D eigenvalue weighted by Gasteiger charge is 2.40. The second-order valence-electron chi connectivity index (χ2n) is 7.19. The van der Waals surface area contributed by atoms with E-state index in [9.17, 15) is 19.2 Å². The van der Waals surface area contributed by atoms with Gasteiger partial charge in [-0.05, 0) is 32.9 Å². The van der Waals surface area contributed by atoms with Crippen LogP contribution in [0, 0.1) is 0 Å². The molecule has 0 aliphatic carbocycles. The summed E-state index contributed by atoms with van der Waals surface area (Å²) in [5, 5.41) is 5.10. The van der Waals surface area contributed by atoms with E-state index in [0.717, 1.165) is 0 Å². The minimum atomic E-state index is -1.21. The molecule has 1 aromatic carbocycles. The fourth-order valence-corrected chi connectivity index (χ4v) is 3.24. The minimum Gasteiger partial charge on any atom is -0.444 e. The molecule has 1 aromatic heterocycles. The zero-order chi connectivity index (χ0) is 21.2. The number of benzene rings is 1. The van der Waals surface area contributed by atoms with Crippen LogP contribution in [0.3, 0.4) is 0 Å². The Bertz CT molecular complexity index is 916. The van der Waals surface area contributed by atoms with Crippen molar-refractivity contribution >= 4 is 35.2 Å². The number of amides is 3. The summed E-state index contributed by atoms with van der Waals surface area (Å²) >= 11 is 1.28. The van der Waals surface area contributed by atoms with E-state index in [-0.39, 0.29) is 17.5 Å². The number of thiazole rings is 1. The third-order valence-corrected chi connectivity index (χ3v) is 4.58. The van der Waals surface area contributed by atoms with Gasteiger partial charge in [-0.3, -0.25) is 9.59 Å². The molecule has 9 nitrogen and oxygen atoms in total. The van der Waals surface area contributed by atoms with Crippen molar-refractivity contribution in [3.63, 3.8) is 0 Å². The van der Waals surface area contributed by atoms with Crippen molar-refractivity contribution in [1.82, 2.24) is 15.4 Å². The first-order valence-corrected chi connectivity index (χ1v) is 9.61. The molecule has 2 aromatic rings. The molecule has 1 aliphatic heterocycles. The van der Waals surface area contributed by atoms with Crippen LogP contribution in [-0.4, -0.2) is 45.6 Å². The van der Waals surface area contributed by atoms with Gasteiger partial charge in [0.05, 0.1) is 16.1 Å². The van der Waals surface area contributed by atoms with E-state index in [4.69, 9.17) is 9.57 Å². The summed E-state index contributed by atoms with van der Waals surface area (Å²) in [6.45, 7) is 5.04. The van der Waals surface area contributed by atoms with E-state index in [0.29, 0.717) is 10.1 Å². The van der Waals surface area contributed by atoms with Crippen LogP contribution in [0.4, 0.5) is 4.79 Å². The predicted molar refractivity (Wildman–Crippen MR) is 102 cm³/mol. The van der Waals surface area contributed by atoms with Crippen molar-refractivity contribution in [2.45, 2.75) is 38.8 Å². The third kappa shape index (κ3) is 4.77. The molecular weight excluding hydrogens is 398 g/mol. The van der Waals surface area contributed by atoms with Crippen LogP contribution < -0.4 is 5.32 Å². The number of carbonyl (C=O) groups is 4. The molecule has 1 unspecified atom stereocenters. The van der Waals surface area contributed by atoms with Gasteiger partial charge in [0, 0.05) is 18.0 Å². The zero-order valence-electron chi connectivity index (χ0n) is 16.0. The lowest BCUT2D eigenvalue weighted by Crippen LogP contribution is -2.48. The molecule has 1 N–H and O–H groups in total. The lowest BCUT2D eigenvalue weighted by molar-refractivity contribution is -0.171. The van der Waals surface area contributed by atoms with Crippen LogP contribution in [0.15, 0.2) is 35.8 Å². The fraction of sp³-hybridized carbons (Fsp3) is 0.316. The molecule has 3 amide bonds. The van der Waals surface area contributed by atoms with Gasteiger partial charge in [-0.25, -0.2) is 14.6 Å². The van der Waals surface area contributed by atoms with Crippen molar-refractivity contribution in [2.75, 3.05) is 0 Å². The normalized spacial score (nSPS) is 14.4. The molecule has 0 saturated carbocycles. The molecule has 0 radical (unpaired) electrons. The third-order valence-electron chi connectivity index (χ3n) is 3.78. The first-order chi connectivity index (χ1) is 13.7. The number of nitrogens with one attached hydrogen (secondary N) is 1. The molecule has 1 atom stereocenters. The van der Waals surface area contributed by atoms with E-state index < -0.39 is 35.5 Å². The van der Waals surface area contributed by atoms with Gasteiger partial charge >= 0.3 is 12.1 Å². The molecule has 0 fully saturated rings. The minimum absolute atomic E-state index is 0.0128. The number of rotatable bonds is 5. The number of carbonyl (C=O) groups excluding carboxylic acids is 4. The molecule has 0 saturated heterocycles. The van der Waals surface area contributed by atoms with E-state index in [1.54, 1.807) is 44.5 Å². The van der Waals surface area contributed by atoms with Crippen molar-refractivity contribution in [2.24, 2.45) is 0 Å². The van der Waals surface area contributed by atoms with Crippen molar-refractivity contribution in [3.8, 4) is 0 Å². The second-order valence-corrected chi connectivity index (χ2v) is 8.17. The van der Waals surface area contributed by atoms with E-state index in [2.05, 4.69) is 10.3 Å². The summed E-state index contributed by atoms with van der Waals surface area (Å²) in [5.74, 6) is -2.48. The summed E-state index contributed by atoms with van der Waals surface area (Å²) in [6, 6.07) is 4.93. The number of hydrogen-bond donors (Lipinski definition) is 1. The Morgan fingerprint density at radius 3 is 2.31 bits per heavy atom. The van der Waals surface area contributed by atoms with Crippen LogP contribution in [0.25, 0.3) is 0 Å². The summed E-state index contributed by atoms with van der Waals surface area (Å²) in [6.07, 6.45) is 0.734. The molecule has 10 heteroatoms. The number of nitrogens with zero attached hydrogens (tertiary/aromatic N) is 2. The first-order valence-electron chi connectivity index (χ1n) is 8.73. The SMILES string of the molecule is CC(C)(C)OC(=O)NC(Cc1nccs1)C(=O)ON1C(=O)c2ccccc2C1=O. The van der Waals surface area contributed by atoms with Crippen molar-refractivity contribution < 1.29 is 28.8 Å². The van der Waals surface area contributed by atoms with Crippen LogP contribution in [0.5, 0.6) is 0 Å². The number of fused-ring (bicyclic) bond motifs is 1. The van der Waals surface area contributed by atoms with Crippen LogP contribution in [0.2, 0.25) is 0 Å².